The summed E-state index contributed by atoms with van der Waals surface area (Å²) in [5, 5.41) is 9.08. The molecule has 8 heteroatoms. The first-order chi connectivity index (χ1) is 13.6. The normalized spacial score (nSPS) is 22.9. The molecule has 3 rings (SSSR count). The van der Waals surface area contributed by atoms with Crippen molar-refractivity contribution in [1.29, 1.82) is 0 Å². The van der Waals surface area contributed by atoms with Crippen LogP contribution in [0.5, 0.6) is 0 Å². The zero-order chi connectivity index (χ0) is 19.8. The van der Waals surface area contributed by atoms with Crippen molar-refractivity contribution in [3.63, 3.8) is 0 Å². The first-order valence-corrected chi connectivity index (χ1v) is 10.8. The fourth-order valence-electron chi connectivity index (χ4n) is 3.53. The van der Waals surface area contributed by atoms with E-state index < -0.39 is 0 Å². The molecule has 2 aliphatic rings. The minimum atomic E-state index is -0.231. The number of ether oxygens (including phenoxy) is 1. The maximum absolute atomic E-state index is 11.8. The second-order valence-corrected chi connectivity index (χ2v) is 8.37. The molecular formula is C20H27N3O4S. The topological polar surface area (TPSA) is 96.5 Å². The van der Waals surface area contributed by atoms with Crippen LogP contribution in [-0.2, 0) is 20.7 Å². The van der Waals surface area contributed by atoms with Gasteiger partial charge in [0.15, 0.2) is 0 Å². The molecule has 0 bridgehead atoms. The molecule has 3 N–H and O–H groups in total. The van der Waals surface area contributed by atoms with E-state index in [-0.39, 0.29) is 36.6 Å². The average molecular weight is 406 g/mol. The number of esters is 1. The molecule has 0 aromatic heterocycles. The molecule has 2 heterocycles. The third-order valence-electron chi connectivity index (χ3n) is 4.95. The number of amides is 3. The van der Waals surface area contributed by atoms with Crippen LogP contribution in [0.1, 0.15) is 31.2 Å². The van der Waals surface area contributed by atoms with E-state index in [1.165, 1.54) is 0 Å². The predicted molar refractivity (Wildman–Crippen MR) is 108 cm³/mol. The number of carbonyl (C=O) groups excluding carboxylic acids is 3. The summed E-state index contributed by atoms with van der Waals surface area (Å²) in [5.41, 5.74) is 0.955. The van der Waals surface area contributed by atoms with Gasteiger partial charge in [0.25, 0.3) is 0 Å². The van der Waals surface area contributed by atoms with Gasteiger partial charge in [0.2, 0.25) is 5.91 Å². The fraction of sp³-hybridized carbons (Fsp3) is 0.550. The Hall–Kier alpha value is -2.22. The largest absolute Gasteiger partial charge is 0.464 e. The van der Waals surface area contributed by atoms with Crippen LogP contribution in [0, 0.1) is 0 Å². The van der Waals surface area contributed by atoms with Crippen LogP contribution in [0.2, 0.25) is 0 Å². The molecule has 2 aliphatic heterocycles. The van der Waals surface area contributed by atoms with Crippen molar-refractivity contribution in [2.45, 2.75) is 49.4 Å². The van der Waals surface area contributed by atoms with Gasteiger partial charge in [-0.2, -0.15) is 11.8 Å². The highest BCUT2D eigenvalue weighted by atomic mass is 32.2. The summed E-state index contributed by atoms with van der Waals surface area (Å²) in [4.78, 5) is 35.0. The molecule has 0 radical (unpaired) electrons. The van der Waals surface area contributed by atoms with E-state index in [1.54, 1.807) is 0 Å². The van der Waals surface area contributed by atoms with E-state index >= 15 is 0 Å². The quantitative estimate of drug-likeness (QED) is 0.312. The number of hydrogen-bond acceptors (Lipinski definition) is 5. The van der Waals surface area contributed by atoms with E-state index in [9.17, 15) is 14.4 Å². The smallest absolute Gasteiger partial charge is 0.315 e. The predicted octanol–water partition coefficient (Wildman–Crippen LogP) is 1.61. The number of benzene rings is 1. The molecule has 3 amide bonds. The van der Waals surface area contributed by atoms with E-state index in [1.807, 2.05) is 42.1 Å². The molecule has 28 heavy (non-hydrogen) atoms. The van der Waals surface area contributed by atoms with Gasteiger partial charge in [-0.15, -0.1) is 0 Å². The highest BCUT2D eigenvalue weighted by Gasteiger charge is 2.42. The molecule has 2 saturated heterocycles. The van der Waals surface area contributed by atoms with Crippen molar-refractivity contribution in [2.24, 2.45) is 0 Å². The number of hydrogen-bond donors (Lipinski definition) is 3. The lowest BCUT2D eigenvalue weighted by Crippen LogP contribution is -2.36. The van der Waals surface area contributed by atoms with E-state index in [0.29, 0.717) is 24.6 Å². The maximum atomic E-state index is 11.8. The summed E-state index contributed by atoms with van der Waals surface area (Å²) in [6.45, 7) is 0.519. The maximum Gasteiger partial charge on any atom is 0.315 e. The Morgan fingerprint density at radius 3 is 2.82 bits per heavy atom. The van der Waals surface area contributed by atoms with Gasteiger partial charge in [-0.05, 0) is 18.4 Å². The van der Waals surface area contributed by atoms with E-state index in [0.717, 1.165) is 30.6 Å². The van der Waals surface area contributed by atoms with Crippen molar-refractivity contribution in [3.8, 4) is 0 Å². The summed E-state index contributed by atoms with van der Waals surface area (Å²) in [5.74, 6) is 0.639. The van der Waals surface area contributed by atoms with Crippen molar-refractivity contribution >= 4 is 29.7 Å². The van der Waals surface area contributed by atoms with E-state index in [2.05, 4.69) is 16.0 Å². The van der Waals surface area contributed by atoms with Crippen molar-refractivity contribution in [1.82, 2.24) is 16.0 Å². The molecule has 7 nitrogen and oxygen atoms in total. The molecule has 1 aromatic carbocycles. The molecule has 0 spiro atoms. The summed E-state index contributed by atoms with van der Waals surface area (Å²) in [6.07, 6.45) is 3.39. The summed E-state index contributed by atoms with van der Waals surface area (Å²) in [7, 11) is 0. The van der Waals surface area contributed by atoms with Crippen LogP contribution in [0.4, 0.5) is 4.79 Å². The molecule has 0 unspecified atom stereocenters. The lowest BCUT2D eigenvalue weighted by molar-refractivity contribution is -0.144. The molecule has 1 aromatic rings. The summed E-state index contributed by atoms with van der Waals surface area (Å²) >= 11 is 1.88. The second-order valence-electron chi connectivity index (χ2n) is 7.10. The SMILES string of the molecule is O=C(Cc1ccccc1)NCCOC(=O)CCCC[C@@H]1SC[C@@H]2NC(=O)N[C@@H]21. The zero-order valence-corrected chi connectivity index (χ0v) is 16.6. The minimum Gasteiger partial charge on any atom is -0.464 e. The number of rotatable bonds is 10. The Morgan fingerprint density at radius 1 is 1.18 bits per heavy atom. The molecule has 0 aliphatic carbocycles. The van der Waals surface area contributed by atoms with Crippen molar-refractivity contribution in [2.75, 3.05) is 18.9 Å². The third-order valence-corrected chi connectivity index (χ3v) is 6.46. The van der Waals surface area contributed by atoms with Gasteiger partial charge in [-0.25, -0.2) is 4.79 Å². The van der Waals surface area contributed by atoms with Gasteiger partial charge in [0.05, 0.1) is 25.0 Å². The second kappa shape index (κ2) is 10.4. The van der Waals surface area contributed by atoms with Crippen LogP contribution < -0.4 is 16.0 Å². The number of nitrogens with one attached hydrogen (secondary N) is 3. The Labute approximate surface area is 169 Å². The monoisotopic (exact) mass is 405 g/mol. The molecule has 3 atom stereocenters. The highest BCUT2D eigenvalue weighted by molar-refractivity contribution is 8.00. The molecule has 152 valence electrons. The third kappa shape index (κ3) is 6.15. The van der Waals surface area contributed by atoms with Crippen LogP contribution in [0.15, 0.2) is 30.3 Å². The first-order valence-electron chi connectivity index (χ1n) is 9.76. The van der Waals surface area contributed by atoms with Gasteiger partial charge < -0.3 is 20.7 Å². The summed E-state index contributed by atoms with van der Waals surface area (Å²) in [6, 6.07) is 9.90. The van der Waals surface area contributed by atoms with Gasteiger partial charge >= 0.3 is 12.0 Å². The number of carbonyl (C=O) groups is 3. The number of fused-ring (bicyclic) bond motifs is 1. The summed E-state index contributed by atoms with van der Waals surface area (Å²) < 4.78 is 5.17. The zero-order valence-electron chi connectivity index (χ0n) is 15.8. The Morgan fingerprint density at radius 2 is 2.00 bits per heavy atom. The lowest BCUT2D eigenvalue weighted by atomic mass is 10.0. The van der Waals surface area contributed by atoms with Crippen LogP contribution in [0.25, 0.3) is 0 Å². The molecule has 0 saturated carbocycles. The van der Waals surface area contributed by atoms with Crippen molar-refractivity contribution in [3.05, 3.63) is 35.9 Å². The van der Waals surface area contributed by atoms with Crippen LogP contribution >= 0.6 is 11.8 Å². The van der Waals surface area contributed by atoms with Gasteiger partial charge in [-0.1, -0.05) is 36.8 Å². The van der Waals surface area contributed by atoms with Gasteiger partial charge in [0, 0.05) is 17.4 Å². The number of urea groups is 1. The lowest BCUT2D eigenvalue weighted by Gasteiger charge is -2.16. The Balaban J connectivity index is 1.20. The number of thioether (sulfide) groups is 1. The van der Waals surface area contributed by atoms with Crippen LogP contribution in [0.3, 0.4) is 0 Å². The standard InChI is InChI=1S/C20H27N3O4S/c24-17(12-14-6-2-1-3-7-14)21-10-11-27-18(25)9-5-4-8-16-19-15(13-28-16)22-20(26)23-19/h1-3,6-7,15-16,19H,4-5,8-13H2,(H,21,24)(H2,22,23,26)/t15-,16-,19-/m0/s1. The van der Waals surface area contributed by atoms with Crippen LogP contribution in [-0.4, -0.2) is 54.1 Å². The fourth-order valence-corrected chi connectivity index (χ4v) is 5.07. The van der Waals surface area contributed by atoms with E-state index in [4.69, 9.17) is 4.74 Å². The number of unbranched alkanes of at least 4 members (excludes halogenated alkanes) is 1. The Bertz CT molecular complexity index is 685. The van der Waals surface area contributed by atoms with Gasteiger partial charge in [0.1, 0.15) is 6.61 Å². The first kappa shape index (κ1) is 20.5. The molecule has 2 fully saturated rings. The molecular weight excluding hydrogens is 378 g/mol. The highest BCUT2D eigenvalue weighted by Crippen LogP contribution is 2.33. The average Bonchev–Trinajstić information content (AvgIpc) is 3.22. The Kier molecular flexibility index (Phi) is 7.59. The minimum absolute atomic E-state index is 0.0697. The van der Waals surface area contributed by atoms with Gasteiger partial charge in [-0.3, -0.25) is 9.59 Å². The van der Waals surface area contributed by atoms with Crippen molar-refractivity contribution < 1.29 is 19.1 Å².